The number of benzene rings is 1. The molecule has 0 bridgehead atoms. The Labute approximate surface area is 120 Å². The molecule has 4 heteroatoms. The van der Waals surface area contributed by atoms with Crippen molar-refractivity contribution in [2.45, 2.75) is 45.3 Å². The van der Waals surface area contributed by atoms with Gasteiger partial charge in [0.1, 0.15) is 0 Å². The first-order valence-corrected chi connectivity index (χ1v) is 6.92. The van der Waals surface area contributed by atoms with E-state index in [1.54, 1.807) is 0 Å². The number of fused-ring (bicyclic) bond motifs is 1. The molecule has 102 valence electrons. The van der Waals surface area contributed by atoms with Crippen molar-refractivity contribution in [3.05, 3.63) is 34.9 Å². The third kappa shape index (κ3) is 1.90. The highest BCUT2D eigenvalue weighted by Gasteiger charge is 2.52. The Kier molecular flexibility index (Phi) is 2.83. The number of nitriles is 1. The first-order chi connectivity index (χ1) is 9.34. The molecule has 20 heavy (non-hydrogen) atoms. The van der Waals surface area contributed by atoms with E-state index in [1.165, 1.54) is 5.56 Å². The minimum absolute atomic E-state index is 0.346. The van der Waals surface area contributed by atoms with E-state index in [2.05, 4.69) is 12.1 Å². The molecule has 3 nitrogen and oxygen atoms in total. The van der Waals surface area contributed by atoms with Crippen molar-refractivity contribution in [3.63, 3.8) is 0 Å². The number of allylic oxidation sites excluding steroid dienone is 1. The zero-order valence-corrected chi connectivity index (χ0v) is 12.4. The lowest BCUT2D eigenvalue weighted by atomic mass is 9.75. The second kappa shape index (κ2) is 4.21. The van der Waals surface area contributed by atoms with E-state index in [-0.39, 0.29) is 18.3 Å². The molecule has 0 saturated carbocycles. The molecule has 1 aromatic carbocycles. The van der Waals surface area contributed by atoms with Crippen molar-refractivity contribution in [1.29, 1.82) is 5.26 Å². The van der Waals surface area contributed by atoms with Gasteiger partial charge in [0.25, 0.3) is 0 Å². The Bertz CT molecular complexity index is 624. The average molecular weight is 267 g/mol. The smallest absolute Gasteiger partial charge is 0.399 e. The van der Waals surface area contributed by atoms with Crippen LogP contribution >= 0.6 is 0 Å². The van der Waals surface area contributed by atoms with Gasteiger partial charge in [0, 0.05) is 12.0 Å². The van der Waals surface area contributed by atoms with Gasteiger partial charge in [0.05, 0.1) is 17.3 Å². The highest BCUT2D eigenvalue weighted by molar-refractivity contribution is 6.63. The highest BCUT2D eigenvalue weighted by atomic mass is 16.7. The van der Waals surface area contributed by atoms with Crippen LogP contribution in [0.4, 0.5) is 0 Å². The Morgan fingerprint density at radius 1 is 1.15 bits per heavy atom. The Balaban J connectivity index is 2.01. The largest absolute Gasteiger partial charge is 0.495 e. The summed E-state index contributed by atoms with van der Waals surface area (Å²) in [6.07, 6.45) is 2.66. The predicted octanol–water partition coefficient (Wildman–Crippen LogP) is 2.45. The second-order valence-electron chi connectivity index (χ2n) is 6.47. The lowest BCUT2D eigenvalue weighted by Crippen LogP contribution is -2.41. The average Bonchev–Trinajstić information content (AvgIpc) is 2.87. The summed E-state index contributed by atoms with van der Waals surface area (Å²) >= 11 is 0. The van der Waals surface area contributed by atoms with Gasteiger partial charge in [-0.05, 0) is 50.4 Å². The van der Waals surface area contributed by atoms with Gasteiger partial charge in [0.2, 0.25) is 0 Å². The topological polar surface area (TPSA) is 42.2 Å². The maximum atomic E-state index is 9.08. The van der Waals surface area contributed by atoms with E-state index in [0.717, 1.165) is 16.6 Å². The van der Waals surface area contributed by atoms with E-state index < -0.39 is 0 Å². The SMILES string of the molecule is CC1(C)OB(c2cccc3c2C=C(C#N)C3)OC1(C)C. The van der Waals surface area contributed by atoms with Gasteiger partial charge in [-0.25, -0.2) is 0 Å². The second-order valence-corrected chi connectivity index (χ2v) is 6.47. The molecule has 0 radical (unpaired) electrons. The van der Waals surface area contributed by atoms with Crippen LogP contribution in [0.15, 0.2) is 23.8 Å². The normalized spacial score (nSPS) is 22.4. The first kappa shape index (κ1) is 13.4. The molecule has 0 N–H and O–H groups in total. The molecule has 0 atom stereocenters. The molecular weight excluding hydrogens is 249 g/mol. The molecule has 1 aromatic rings. The summed E-state index contributed by atoms with van der Waals surface area (Å²) in [6.45, 7) is 8.19. The summed E-state index contributed by atoms with van der Waals surface area (Å²) in [5.74, 6) is 0. The van der Waals surface area contributed by atoms with Gasteiger partial charge in [-0.1, -0.05) is 18.2 Å². The fourth-order valence-electron chi connectivity index (χ4n) is 2.64. The number of hydrogen-bond acceptors (Lipinski definition) is 3. The molecule has 1 aliphatic carbocycles. The molecule has 3 rings (SSSR count). The van der Waals surface area contributed by atoms with Crippen molar-refractivity contribution in [2.24, 2.45) is 0 Å². The lowest BCUT2D eigenvalue weighted by molar-refractivity contribution is 0.00578. The van der Waals surface area contributed by atoms with E-state index >= 15 is 0 Å². The molecule has 1 heterocycles. The third-order valence-electron chi connectivity index (χ3n) is 4.58. The molecular formula is C16H18BNO2. The molecule has 1 fully saturated rings. The van der Waals surface area contributed by atoms with Crippen LogP contribution in [0.1, 0.15) is 38.8 Å². The van der Waals surface area contributed by atoms with Crippen LogP contribution in [-0.2, 0) is 15.7 Å². The predicted molar refractivity (Wildman–Crippen MR) is 79.5 cm³/mol. The van der Waals surface area contributed by atoms with Crippen molar-refractivity contribution in [2.75, 3.05) is 0 Å². The van der Waals surface area contributed by atoms with E-state index in [4.69, 9.17) is 14.6 Å². The molecule has 1 saturated heterocycles. The van der Waals surface area contributed by atoms with Crippen molar-refractivity contribution < 1.29 is 9.31 Å². The van der Waals surface area contributed by atoms with Crippen LogP contribution in [-0.4, -0.2) is 18.3 Å². The van der Waals surface area contributed by atoms with Gasteiger partial charge >= 0.3 is 7.12 Å². The summed E-state index contributed by atoms with van der Waals surface area (Å²) in [5.41, 5.74) is 3.38. The molecule has 0 unspecified atom stereocenters. The summed E-state index contributed by atoms with van der Waals surface area (Å²) in [5, 5.41) is 9.08. The fraction of sp³-hybridized carbons (Fsp3) is 0.438. The number of hydrogen-bond donors (Lipinski definition) is 0. The summed E-state index contributed by atoms with van der Waals surface area (Å²) < 4.78 is 12.2. The minimum atomic E-state index is -0.371. The zero-order chi connectivity index (χ0) is 14.5. The number of nitrogens with zero attached hydrogens (tertiary/aromatic N) is 1. The summed E-state index contributed by atoms with van der Waals surface area (Å²) in [7, 11) is -0.371. The maximum Gasteiger partial charge on any atom is 0.495 e. The van der Waals surface area contributed by atoms with Crippen LogP contribution in [0, 0.1) is 11.3 Å². The fourth-order valence-corrected chi connectivity index (χ4v) is 2.64. The van der Waals surface area contributed by atoms with Crippen molar-refractivity contribution in [1.82, 2.24) is 0 Å². The summed E-state index contributed by atoms with van der Waals surface area (Å²) in [6, 6.07) is 8.33. The van der Waals surface area contributed by atoms with E-state index in [0.29, 0.717) is 6.42 Å². The Morgan fingerprint density at radius 3 is 2.40 bits per heavy atom. The van der Waals surface area contributed by atoms with Gasteiger partial charge in [-0.15, -0.1) is 0 Å². The van der Waals surface area contributed by atoms with Gasteiger partial charge in [-0.3, -0.25) is 0 Å². The maximum absolute atomic E-state index is 9.08. The lowest BCUT2D eigenvalue weighted by Gasteiger charge is -2.32. The molecule has 0 spiro atoms. The Morgan fingerprint density at radius 2 is 1.80 bits per heavy atom. The number of rotatable bonds is 1. The monoisotopic (exact) mass is 267 g/mol. The van der Waals surface area contributed by atoms with E-state index in [1.807, 2.05) is 45.9 Å². The molecule has 2 aliphatic rings. The standard InChI is InChI=1S/C16H18BNO2/c1-15(2)16(3,4)20-17(19-15)14-7-5-6-12-8-11(10-18)9-13(12)14/h5-7,9H,8H2,1-4H3. The molecule has 0 aromatic heterocycles. The minimum Gasteiger partial charge on any atom is -0.399 e. The quantitative estimate of drug-likeness (QED) is 0.734. The van der Waals surface area contributed by atoms with Gasteiger partial charge < -0.3 is 9.31 Å². The van der Waals surface area contributed by atoms with Crippen molar-refractivity contribution in [3.8, 4) is 6.07 Å². The van der Waals surface area contributed by atoms with Crippen LogP contribution in [0.2, 0.25) is 0 Å². The van der Waals surface area contributed by atoms with E-state index in [9.17, 15) is 0 Å². The van der Waals surface area contributed by atoms with Crippen LogP contribution < -0.4 is 5.46 Å². The van der Waals surface area contributed by atoms with Crippen molar-refractivity contribution >= 4 is 18.7 Å². The first-order valence-electron chi connectivity index (χ1n) is 6.92. The van der Waals surface area contributed by atoms with Crippen LogP contribution in [0.25, 0.3) is 6.08 Å². The van der Waals surface area contributed by atoms with Crippen LogP contribution in [0.5, 0.6) is 0 Å². The van der Waals surface area contributed by atoms with Gasteiger partial charge in [0.15, 0.2) is 0 Å². The van der Waals surface area contributed by atoms with Gasteiger partial charge in [-0.2, -0.15) is 5.26 Å². The highest BCUT2D eigenvalue weighted by Crippen LogP contribution is 2.37. The summed E-state index contributed by atoms with van der Waals surface area (Å²) in [4.78, 5) is 0. The molecule has 0 amide bonds. The zero-order valence-electron chi connectivity index (χ0n) is 12.4. The van der Waals surface area contributed by atoms with Crippen LogP contribution in [0.3, 0.4) is 0 Å². The molecule has 1 aliphatic heterocycles. The Hall–Kier alpha value is -1.57. The third-order valence-corrected chi connectivity index (χ3v) is 4.58.